The van der Waals surface area contributed by atoms with Gasteiger partial charge in [-0.2, -0.15) is 5.10 Å². The predicted molar refractivity (Wildman–Crippen MR) is 71.9 cm³/mol. The van der Waals surface area contributed by atoms with Crippen LogP contribution in [0.2, 0.25) is 0 Å². The number of hydrogen-bond acceptors (Lipinski definition) is 3. The minimum atomic E-state index is -0.976. The van der Waals surface area contributed by atoms with Crippen molar-refractivity contribution in [3.63, 3.8) is 0 Å². The van der Waals surface area contributed by atoms with Crippen LogP contribution < -0.4 is 0 Å². The van der Waals surface area contributed by atoms with Gasteiger partial charge in [-0.15, -0.1) is 0 Å². The van der Waals surface area contributed by atoms with Crippen molar-refractivity contribution in [3.05, 3.63) is 36.2 Å². The van der Waals surface area contributed by atoms with E-state index in [1.807, 2.05) is 6.07 Å². The number of carbonyl (C=O) groups is 1. The highest BCUT2D eigenvalue weighted by Gasteiger charge is 2.17. The number of pyridine rings is 1. The lowest BCUT2D eigenvalue weighted by atomic mass is 10.1. The maximum absolute atomic E-state index is 11.3. The summed E-state index contributed by atoms with van der Waals surface area (Å²) in [6, 6.07) is 5.38. The van der Waals surface area contributed by atoms with E-state index in [1.54, 1.807) is 29.2 Å². The molecule has 0 unspecified atom stereocenters. The van der Waals surface area contributed by atoms with Gasteiger partial charge >= 0.3 is 5.97 Å². The van der Waals surface area contributed by atoms with Crippen LogP contribution in [0.3, 0.4) is 0 Å². The van der Waals surface area contributed by atoms with Crippen LogP contribution in [0.15, 0.2) is 30.6 Å². The van der Waals surface area contributed by atoms with Crippen LogP contribution in [0.5, 0.6) is 0 Å². The molecular formula is C14H17N3O2. The van der Waals surface area contributed by atoms with E-state index in [-0.39, 0.29) is 5.56 Å². The Morgan fingerprint density at radius 1 is 1.42 bits per heavy atom. The van der Waals surface area contributed by atoms with Gasteiger partial charge in [0.2, 0.25) is 0 Å². The van der Waals surface area contributed by atoms with Crippen molar-refractivity contribution in [1.82, 2.24) is 14.8 Å². The molecule has 0 saturated heterocycles. The van der Waals surface area contributed by atoms with Crippen LogP contribution in [0.4, 0.5) is 0 Å². The Morgan fingerprint density at radius 2 is 2.21 bits per heavy atom. The maximum atomic E-state index is 11.3. The van der Waals surface area contributed by atoms with Crippen molar-refractivity contribution < 1.29 is 9.90 Å². The van der Waals surface area contributed by atoms with E-state index in [0.717, 1.165) is 6.42 Å². The SMILES string of the molecule is CC(C)CCn1cc(C(=O)O)c(-c2ccccn2)n1. The van der Waals surface area contributed by atoms with E-state index < -0.39 is 5.97 Å². The van der Waals surface area contributed by atoms with Gasteiger partial charge in [0.1, 0.15) is 11.3 Å². The van der Waals surface area contributed by atoms with E-state index in [2.05, 4.69) is 23.9 Å². The van der Waals surface area contributed by atoms with Crippen molar-refractivity contribution in [2.75, 3.05) is 0 Å². The van der Waals surface area contributed by atoms with Gasteiger partial charge in [-0.05, 0) is 24.5 Å². The molecule has 2 heterocycles. The zero-order valence-electron chi connectivity index (χ0n) is 11.1. The molecule has 19 heavy (non-hydrogen) atoms. The summed E-state index contributed by atoms with van der Waals surface area (Å²) < 4.78 is 1.69. The second kappa shape index (κ2) is 5.65. The molecule has 100 valence electrons. The standard InChI is InChI=1S/C14H17N3O2/c1-10(2)6-8-17-9-11(14(18)19)13(16-17)12-5-3-4-7-15-12/h3-5,7,9-10H,6,8H2,1-2H3,(H,18,19). The van der Waals surface area contributed by atoms with Crippen LogP contribution in [-0.4, -0.2) is 25.8 Å². The number of nitrogens with zero attached hydrogens (tertiary/aromatic N) is 3. The first kappa shape index (κ1) is 13.3. The average Bonchev–Trinajstić information content (AvgIpc) is 2.82. The normalized spacial score (nSPS) is 10.9. The van der Waals surface area contributed by atoms with Gasteiger partial charge < -0.3 is 5.11 Å². The molecule has 0 radical (unpaired) electrons. The number of aryl methyl sites for hydroxylation is 1. The topological polar surface area (TPSA) is 68.0 Å². The molecular weight excluding hydrogens is 242 g/mol. The molecule has 2 aromatic heterocycles. The van der Waals surface area contributed by atoms with Gasteiger partial charge in [-0.1, -0.05) is 19.9 Å². The molecule has 0 saturated carbocycles. The van der Waals surface area contributed by atoms with Crippen LogP contribution in [-0.2, 0) is 6.54 Å². The van der Waals surface area contributed by atoms with Gasteiger partial charge in [0.25, 0.3) is 0 Å². The lowest BCUT2D eigenvalue weighted by Gasteiger charge is -2.03. The molecule has 0 spiro atoms. The van der Waals surface area contributed by atoms with Gasteiger partial charge in [-0.3, -0.25) is 9.67 Å². The Kier molecular flexibility index (Phi) is 3.94. The van der Waals surface area contributed by atoms with Crippen molar-refractivity contribution in [3.8, 4) is 11.4 Å². The van der Waals surface area contributed by atoms with E-state index in [4.69, 9.17) is 0 Å². The smallest absolute Gasteiger partial charge is 0.339 e. The summed E-state index contributed by atoms with van der Waals surface area (Å²) in [5.41, 5.74) is 1.21. The second-order valence-electron chi connectivity index (χ2n) is 4.86. The Bertz CT molecular complexity index is 561. The number of aromatic nitrogens is 3. The fourth-order valence-electron chi connectivity index (χ4n) is 1.77. The lowest BCUT2D eigenvalue weighted by Crippen LogP contribution is -2.02. The van der Waals surface area contributed by atoms with E-state index >= 15 is 0 Å². The summed E-state index contributed by atoms with van der Waals surface area (Å²) in [6.45, 7) is 4.97. The fraction of sp³-hybridized carbons (Fsp3) is 0.357. The molecule has 5 heteroatoms. The molecule has 0 aliphatic rings. The third-order valence-corrected chi connectivity index (χ3v) is 2.84. The Balaban J connectivity index is 2.34. The molecule has 0 bridgehead atoms. The summed E-state index contributed by atoms with van der Waals surface area (Å²) >= 11 is 0. The molecule has 1 N–H and O–H groups in total. The Labute approximate surface area is 111 Å². The van der Waals surface area contributed by atoms with E-state index in [1.165, 1.54) is 0 Å². The van der Waals surface area contributed by atoms with Crippen LogP contribution in [0.25, 0.3) is 11.4 Å². The van der Waals surface area contributed by atoms with Crippen LogP contribution >= 0.6 is 0 Å². The van der Waals surface area contributed by atoms with Crippen molar-refractivity contribution in [2.24, 2.45) is 5.92 Å². The van der Waals surface area contributed by atoms with Crippen molar-refractivity contribution in [1.29, 1.82) is 0 Å². The molecule has 5 nitrogen and oxygen atoms in total. The summed E-state index contributed by atoms with van der Waals surface area (Å²) in [4.78, 5) is 15.4. The Hall–Kier alpha value is -2.17. The highest BCUT2D eigenvalue weighted by Crippen LogP contribution is 2.20. The minimum Gasteiger partial charge on any atom is -0.478 e. The summed E-state index contributed by atoms with van der Waals surface area (Å²) in [5, 5.41) is 13.6. The number of rotatable bonds is 5. The lowest BCUT2D eigenvalue weighted by molar-refractivity contribution is 0.0697. The third kappa shape index (κ3) is 3.19. The van der Waals surface area contributed by atoms with Gasteiger partial charge in [0, 0.05) is 18.9 Å². The number of carboxylic acids is 1. The zero-order chi connectivity index (χ0) is 13.8. The van der Waals surface area contributed by atoms with E-state index in [0.29, 0.717) is 23.9 Å². The largest absolute Gasteiger partial charge is 0.478 e. The third-order valence-electron chi connectivity index (χ3n) is 2.84. The quantitative estimate of drug-likeness (QED) is 0.896. The molecule has 0 atom stereocenters. The molecule has 0 aliphatic heterocycles. The number of aromatic carboxylic acids is 1. The Morgan fingerprint density at radius 3 is 2.79 bits per heavy atom. The molecule has 0 amide bonds. The molecule has 0 fully saturated rings. The summed E-state index contributed by atoms with van der Waals surface area (Å²) in [5.74, 6) is -0.424. The highest BCUT2D eigenvalue weighted by atomic mass is 16.4. The first-order valence-electron chi connectivity index (χ1n) is 6.30. The summed E-state index contributed by atoms with van der Waals surface area (Å²) in [7, 11) is 0. The zero-order valence-corrected chi connectivity index (χ0v) is 11.1. The monoisotopic (exact) mass is 259 g/mol. The first-order valence-corrected chi connectivity index (χ1v) is 6.30. The number of carboxylic acid groups (broad SMARTS) is 1. The van der Waals surface area contributed by atoms with Gasteiger partial charge in [0.15, 0.2) is 0 Å². The molecule has 2 aromatic rings. The minimum absolute atomic E-state index is 0.197. The van der Waals surface area contributed by atoms with Crippen LogP contribution in [0, 0.1) is 5.92 Å². The average molecular weight is 259 g/mol. The second-order valence-corrected chi connectivity index (χ2v) is 4.86. The predicted octanol–water partition coefficient (Wildman–Crippen LogP) is 2.69. The summed E-state index contributed by atoms with van der Waals surface area (Å²) in [6.07, 6.45) is 4.17. The molecule has 0 aliphatic carbocycles. The van der Waals surface area contributed by atoms with E-state index in [9.17, 15) is 9.90 Å². The van der Waals surface area contributed by atoms with Gasteiger partial charge in [-0.25, -0.2) is 4.79 Å². The highest BCUT2D eigenvalue weighted by molar-refractivity contribution is 5.94. The van der Waals surface area contributed by atoms with Crippen molar-refractivity contribution in [2.45, 2.75) is 26.8 Å². The van der Waals surface area contributed by atoms with Crippen LogP contribution in [0.1, 0.15) is 30.6 Å². The maximum Gasteiger partial charge on any atom is 0.339 e. The van der Waals surface area contributed by atoms with Gasteiger partial charge in [0.05, 0.1) is 5.69 Å². The van der Waals surface area contributed by atoms with Crippen molar-refractivity contribution >= 4 is 5.97 Å². The molecule has 0 aromatic carbocycles. The fourth-order valence-corrected chi connectivity index (χ4v) is 1.77. The first-order chi connectivity index (χ1) is 9.08. The molecule has 2 rings (SSSR count). The number of hydrogen-bond donors (Lipinski definition) is 1.